The molecule has 0 aliphatic carbocycles. The van der Waals surface area contributed by atoms with Crippen LogP contribution in [0.3, 0.4) is 0 Å². The maximum Gasteiger partial charge on any atom is 0.340 e. The third kappa shape index (κ3) is 4.17. The van der Waals surface area contributed by atoms with Crippen molar-refractivity contribution in [3.8, 4) is 0 Å². The van der Waals surface area contributed by atoms with Gasteiger partial charge in [0, 0.05) is 17.3 Å². The largest absolute Gasteiger partial charge is 0.459 e. The minimum atomic E-state index is -0.423. The van der Waals surface area contributed by atoms with Crippen LogP contribution in [0.5, 0.6) is 0 Å². The highest BCUT2D eigenvalue weighted by molar-refractivity contribution is 6.30. The third-order valence-electron chi connectivity index (χ3n) is 3.58. The topological polar surface area (TPSA) is 71.2 Å². The van der Waals surface area contributed by atoms with Crippen LogP contribution < -0.4 is 5.32 Å². The number of aromatic amines is 1. The standard InChI is InChI=1S/C18H21ClN2O3/c1-10(2)24-18(23)15-11(3)16(21-12(15)4)17(22)20-9-13-5-7-14(19)8-6-13/h5-8,10,21H,9H2,1-4H3,(H,20,22). The van der Waals surface area contributed by atoms with E-state index in [0.717, 1.165) is 5.56 Å². The molecule has 6 heteroatoms. The van der Waals surface area contributed by atoms with E-state index in [-0.39, 0.29) is 12.0 Å². The van der Waals surface area contributed by atoms with Gasteiger partial charge in [0.1, 0.15) is 5.69 Å². The highest BCUT2D eigenvalue weighted by atomic mass is 35.5. The summed E-state index contributed by atoms with van der Waals surface area (Å²) in [6, 6.07) is 7.24. The van der Waals surface area contributed by atoms with E-state index in [1.807, 2.05) is 12.1 Å². The van der Waals surface area contributed by atoms with Crippen molar-refractivity contribution in [1.29, 1.82) is 0 Å². The Bertz CT molecular complexity index is 748. The van der Waals surface area contributed by atoms with Crippen molar-refractivity contribution in [3.05, 3.63) is 57.4 Å². The van der Waals surface area contributed by atoms with E-state index in [4.69, 9.17) is 16.3 Å². The first-order valence-corrected chi connectivity index (χ1v) is 8.10. The summed E-state index contributed by atoms with van der Waals surface area (Å²) in [5.74, 6) is -0.692. The van der Waals surface area contributed by atoms with Crippen LogP contribution in [0.1, 0.15) is 51.5 Å². The normalized spacial score (nSPS) is 10.8. The van der Waals surface area contributed by atoms with Gasteiger partial charge in [0.2, 0.25) is 0 Å². The molecule has 2 aromatic rings. The summed E-state index contributed by atoms with van der Waals surface area (Å²) in [5.41, 5.74) is 2.94. The minimum absolute atomic E-state index is 0.214. The quantitative estimate of drug-likeness (QED) is 0.808. The Hall–Kier alpha value is -2.27. The number of carbonyl (C=O) groups is 2. The second-order valence-corrected chi connectivity index (χ2v) is 6.32. The van der Waals surface area contributed by atoms with E-state index in [2.05, 4.69) is 10.3 Å². The molecular formula is C18H21ClN2O3. The SMILES string of the molecule is Cc1[nH]c(C(=O)NCc2ccc(Cl)cc2)c(C)c1C(=O)OC(C)C. The molecule has 0 saturated heterocycles. The molecule has 128 valence electrons. The summed E-state index contributed by atoms with van der Waals surface area (Å²) in [4.78, 5) is 27.5. The first-order valence-electron chi connectivity index (χ1n) is 7.72. The number of rotatable bonds is 5. The van der Waals surface area contributed by atoms with E-state index in [0.29, 0.717) is 34.1 Å². The molecule has 1 aromatic carbocycles. The van der Waals surface area contributed by atoms with Gasteiger partial charge in [0.05, 0.1) is 11.7 Å². The Morgan fingerprint density at radius 1 is 1.21 bits per heavy atom. The number of aryl methyl sites for hydroxylation is 1. The Kier molecular flexibility index (Phi) is 5.67. The van der Waals surface area contributed by atoms with E-state index in [1.54, 1.807) is 39.8 Å². The van der Waals surface area contributed by atoms with Crippen molar-refractivity contribution >= 4 is 23.5 Å². The smallest absolute Gasteiger partial charge is 0.340 e. The van der Waals surface area contributed by atoms with Crippen molar-refractivity contribution < 1.29 is 14.3 Å². The van der Waals surface area contributed by atoms with Crippen LogP contribution in [-0.2, 0) is 11.3 Å². The zero-order chi connectivity index (χ0) is 17.9. The Labute approximate surface area is 146 Å². The number of nitrogens with one attached hydrogen (secondary N) is 2. The molecule has 2 rings (SSSR count). The molecule has 1 heterocycles. The maximum atomic E-state index is 12.4. The van der Waals surface area contributed by atoms with Crippen molar-refractivity contribution in [2.75, 3.05) is 0 Å². The van der Waals surface area contributed by atoms with Crippen molar-refractivity contribution in [1.82, 2.24) is 10.3 Å². The lowest BCUT2D eigenvalue weighted by molar-refractivity contribution is 0.0376. The summed E-state index contributed by atoms with van der Waals surface area (Å²) in [5, 5.41) is 3.48. The first kappa shape index (κ1) is 18.1. The van der Waals surface area contributed by atoms with Gasteiger partial charge >= 0.3 is 5.97 Å². The van der Waals surface area contributed by atoms with Gasteiger partial charge in [-0.05, 0) is 51.0 Å². The van der Waals surface area contributed by atoms with E-state index in [1.165, 1.54) is 0 Å². The van der Waals surface area contributed by atoms with Gasteiger partial charge in [0.25, 0.3) is 5.91 Å². The third-order valence-corrected chi connectivity index (χ3v) is 3.83. The Balaban J connectivity index is 2.12. The zero-order valence-electron chi connectivity index (χ0n) is 14.2. The van der Waals surface area contributed by atoms with Crippen LogP contribution in [0.15, 0.2) is 24.3 Å². The van der Waals surface area contributed by atoms with Crippen LogP contribution >= 0.6 is 11.6 Å². The highest BCUT2D eigenvalue weighted by Gasteiger charge is 2.23. The molecule has 0 radical (unpaired) electrons. The van der Waals surface area contributed by atoms with Gasteiger partial charge in [-0.1, -0.05) is 23.7 Å². The van der Waals surface area contributed by atoms with Gasteiger partial charge in [-0.2, -0.15) is 0 Å². The number of amides is 1. The molecule has 0 unspecified atom stereocenters. The molecule has 0 atom stereocenters. The molecular weight excluding hydrogens is 328 g/mol. The summed E-state index contributed by atoms with van der Waals surface area (Å²) >= 11 is 5.84. The highest BCUT2D eigenvalue weighted by Crippen LogP contribution is 2.20. The fraction of sp³-hybridized carbons (Fsp3) is 0.333. The second-order valence-electron chi connectivity index (χ2n) is 5.89. The van der Waals surface area contributed by atoms with Gasteiger partial charge < -0.3 is 15.0 Å². The second kappa shape index (κ2) is 7.53. The lowest BCUT2D eigenvalue weighted by Crippen LogP contribution is -2.24. The predicted octanol–water partition coefficient (Wildman–Crippen LogP) is 3.78. The van der Waals surface area contributed by atoms with Crippen LogP contribution in [0.25, 0.3) is 0 Å². The molecule has 0 fully saturated rings. The van der Waals surface area contributed by atoms with Crippen molar-refractivity contribution in [2.45, 2.75) is 40.3 Å². The van der Waals surface area contributed by atoms with Crippen molar-refractivity contribution in [2.24, 2.45) is 0 Å². The van der Waals surface area contributed by atoms with Crippen LogP contribution in [0.2, 0.25) is 5.02 Å². The summed E-state index contributed by atoms with van der Waals surface area (Å²) < 4.78 is 5.23. The average molecular weight is 349 g/mol. The van der Waals surface area contributed by atoms with Gasteiger partial charge in [-0.15, -0.1) is 0 Å². The number of esters is 1. The zero-order valence-corrected chi connectivity index (χ0v) is 15.0. The molecule has 2 N–H and O–H groups in total. The van der Waals surface area contributed by atoms with Gasteiger partial charge in [-0.25, -0.2) is 4.79 Å². The van der Waals surface area contributed by atoms with Crippen LogP contribution in [-0.4, -0.2) is 23.0 Å². The molecule has 5 nitrogen and oxygen atoms in total. The first-order chi connectivity index (χ1) is 11.3. The number of ether oxygens (including phenoxy) is 1. The summed E-state index contributed by atoms with van der Waals surface area (Å²) in [6.45, 7) is 7.43. The molecule has 0 aliphatic heterocycles. The molecule has 0 aliphatic rings. The van der Waals surface area contributed by atoms with Gasteiger partial charge in [-0.3, -0.25) is 4.79 Å². The number of H-pyrrole nitrogens is 1. The van der Waals surface area contributed by atoms with Gasteiger partial charge in [0.15, 0.2) is 0 Å². The maximum absolute atomic E-state index is 12.4. The molecule has 0 spiro atoms. The van der Waals surface area contributed by atoms with E-state index < -0.39 is 5.97 Å². The molecule has 24 heavy (non-hydrogen) atoms. The lowest BCUT2D eigenvalue weighted by Gasteiger charge is -2.08. The number of hydrogen-bond donors (Lipinski definition) is 2. The van der Waals surface area contributed by atoms with E-state index in [9.17, 15) is 9.59 Å². The van der Waals surface area contributed by atoms with Crippen LogP contribution in [0, 0.1) is 13.8 Å². The van der Waals surface area contributed by atoms with Crippen LogP contribution in [0.4, 0.5) is 0 Å². The minimum Gasteiger partial charge on any atom is -0.459 e. The molecule has 1 amide bonds. The molecule has 1 aromatic heterocycles. The fourth-order valence-corrected chi connectivity index (χ4v) is 2.56. The average Bonchev–Trinajstić information content (AvgIpc) is 2.80. The Morgan fingerprint density at radius 3 is 2.42 bits per heavy atom. The number of halogens is 1. The lowest BCUT2D eigenvalue weighted by atomic mass is 10.1. The molecule has 0 saturated carbocycles. The number of aromatic nitrogens is 1. The Morgan fingerprint density at radius 2 is 1.83 bits per heavy atom. The predicted molar refractivity (Wildman–Crippen MR) is 93.4 cm³/mol. The molecule has 0 bridgehead atoms. The van der Waals surface area contributed by atoms with Crippen molar-refractivity contribution in [3.63, 3.8) is 0 Å². The van der Waals surface area contributed by atoms with E-state index >= 15 is 0 Å². The summed E-state index contributed by atoms with van der Waals surface area (Å²) in [6.07, 6.45) is -0.214. The number of carbonyl (C=O) groups excluding carboxylic acids is 2. The fourth-order valence-electron chi connectivity index (χ4n) is 2.43. The number of benzene rings is 1. The summed E-state index contributed by atoms with van der Waals surface area (Å²) in [7, 11) is 0. The monoisotopic (exact) mass is 348 g/mol. The number of hydrogen-bond acceptors (Lipinski definition) is 3.